The number of hydrogen-bond donors (Lipinski definition) is 2. The van der Waals surface area contributed by atoms with Crippen molar-refractivity contribution in [2.45, 2.75) is 13.0 Å². The summed E-state index contributed by atoms with van der Waals surface area (Å²) in [5.41, 5.74) is 6.16. The number of nitrogens with zero attached hydrogens (tertiary/aromatic N) is 1. The third kappa shape index (κ3) is 6.97. The maximum absolute atomic E-state index is 10.7. The maximum atomic E-state index is 10.7. The van der Waals surface area contributed by atoms with E-state index in [1.165, 1.54) is 0 Å². The summed E-state index contributed by atoms with van der Waals surface area (Å²) < 4.78 is 10.6. The van der Waals surface area contributed by atoms with Crippen molar-refractivity contribution < 1.29 is 14.3 Å². The molecule has 118 valence electrons. The second kappa shape index (κ2) is 9.20. The highest BCUT2D eigenvalue weighted by molar-refractivity contribution is 5.75. The van der Waals surface area contributed by atoms with Crippen LogP contribution < -0.4 is 20.5 Å². The van der Waals surface area contributed by atoms with Crippen molar-refractivity contribution in [3.8, 4) is 11.5 Å². The van der Waals surface area contributed by atoms with Gasteiger partial charge in [-0.1, -0.05) is 6.07 Å². The molecule has 6 heteroatoms. The van der Waals surface area contributed by atoms with Crippen LogP contribution in [0, 0.1) is 0 Å². The molecule has 0 unspecified atom stereocenters. The van der Waals surface area contributed by atoms with E-state index >= 15 is 0 Å². The third-order valence-electron chi connectivity index (χ3n) is 2.89. The van der Waals surface area contributed by atoms with E-state index in [1.54, 1.807) is 13.2 Å². The number of amides is 1. The summed E-state index contributed by atoms with van der Waals surface area (Å²) >= 11 is 0. The first-order valence-corrected chi connectivity index (χ1v) is 6.96. The fraction of sp³-hybridized carbons (Fsp3) is 0.533. The molecule has 0 aliphatic carbocycles. The summed E-state index contributed by atoms with van der Waals surface area (Å²) in [4.78, 5) is 12.9. The Bertz CT molecular complexity index is 450. The molecule has 1 amide bonds. The largest absolute Gasteiger partial charge is 0.493 e. The zero-order valence-corrected chi connectivity index (χ0v) is 13.0. The van der Waals surface area contributed by atoms with Crippen LogP contribution in [-0.4, -0.2) is 51.7 Å². The molecule has 0 fully saturated rings. The molecule has 0 aliphatic heterocycles. The Balaban J connectivity index is 2.47. The van der Waals surface area contributed by atoms with Gasteiger partial charge in [0.1, 0.15) is 0 Å². The Morgan fingerprint density at radius 3 is 2.71 bits per heavy atom. The Morgan fingerprint density at radius 2 is 2.10 bits per heavy atom. The van der Waals surface area contributed by atoms with Gasteiger partial charge in [0.2, 0.25) is 0 Å². The van der Waals surface area contributed by atoms with Crippen molar-refractivity contribution >= 4 is 5.91 Å². The van der Waals surface area contributed by atoms with Gasteiger partial charge in [-0.2, -0.15) is 0 Å². The van der Waals surface area contributed by atoms with E-state index in [4.69, 9.17) is 15.2 Å². The summed E-state index contributed by atoms with van der Waals surface area (Å²) in [5.74, 6) is 0.611. The molecule has 0 spiro atoms. The predicted octanol–water partition coefficient (Wildman–Crippen LogP) is 0.601. The van der Waals surface area contributed by atoms with Gasteiger partial charge >= 0.3 is 0 Å². The minimum atomic E-state index is -0.510. The lowest BCUT2D eigenvalue weighted by Gasteiger charge is -2.12. The monoisotopic (exact) mass is 295 g/mol. The summed E-state index contributed by atoms with van der Waals surface area (Å²) in [6, 6.07) is 5.63. The molecule has 1 aromatic rings. The Kier molecular flexibility index (Phi) is 7.56. The fourth-order valence-corrected chi connectivity index (χ4v) is 1.84. The van der Waals surface area contributed by atoms with Gasteiger partial charge < -0.3 is 25.4 Å². The van der Waals surface area contributed by atoms with Gasteiger partial charge in [-0.15, -0.1) is 0 Å². The number of methoxy groups -OCH3 is 1. The standard InChI is InChI=1S/C15H25N3O3/c1-18(2)8-4-7-17-10-12-5-6-13(14(9-12)20-3)21-11-15(16)19/h5-6,9,17H,4,7-8,10-11H2,1-3H3,(H2,16,19). The number of ether oxygens (including phenoxy) is 2. The van der Waals surface area contributed by atoms with Crippen molar-refractivity contribution in [2.24, 2.45) is 5.73 Å². The number of carbonyl (C=O) groups is 1. The fourth-order valence-electron chi connectivity index (χ4n) is 1.84. The van der Waals surface area contributed by atoms with E-state index in [1.807, 2.05) is 12.1 Å². The quantitative estimate of drug-likeness (QED) is 0.618. The van der Waals surface area contributed by atoms with Crippen molar-refractivity contribution in [3.63, 3.8) is 0 Å². The van der Waals surface area contributed by atoms with Gasteiger partial charge in [-0.25, -0.2) is 0 Å². The highest BCUT2D eigenvalue weighted by Gasteiger charge is 2.07. The lowest BCUT2D eigenvalue weighted by molar-refractivity contribution is -0.119. The van der Waals surface area contributed by atoms with Crippen molar-refractivity contribution in [1.82, 2.24) is 10.2 Å². The molecule has 0 radical (unpaired) electrons. The highest BCUT2D eigenvalue weighted by Crippen LogP contribution is 2.27. The smallest absolute Gasteiger partial charge is 0.255 e. The Morgan fingerprint density at radius 1 is 1.33 bits per heavy atom. The summed E-state index contributed by atoms with van der Waals surface area (Å²) in [5, 5.41) is 3.38. The van der Waals surface area contributed by atoms with Crippen LogP contribution in [-0.2, 0) is 11.3 Å². The SMILES string of the molecule is COc1cc(CNCCCN(C)C)ccc1OCC(N)=O. The first-order valence-electron chi connectivity index (χ1n) is 6.96. The number of carbonyl (C=O) groups excluding carboxylic acids is 1. The molecule has 3 N–H and O–H groups in total. The normalized spacial score (nSPS) is 10.7. The molecular formula is C15H25N3O3. The zero-order valence-electron chi connectivity index (χ0n) is 13.0. The number of nitrogens with two attached hydrogens (primary N) is 1. The molecule has 1 rings (SSSR count). The molecule has 0 aromatic heterocycles. The van der Waals surface area contributed by atoms with Crippen LogP contribution in [0.3, 0.4) is 0 Å². The highest BCUT2D eigenvalue weighted by atomic mass is 16.5. The molecule has 0 atom stereocenters. The maximum Gasteiger partial charge on any atom is 0.255 e. The minimum Gasteiger partial charge on any atom is -0.493 e. The van der Waals surface area contributed by atoms with Gasteiger partial charge in [0, 0.05) is 6.54 Å². The molecule has 0 heterocycles. The number of rotatable bonds is 10. The van der Waals surface area contributed by atoms with E-state index in [9.17, 15) is 4.79 Å². The Hall–Kier alpha value is -1.79. The predicted molar refractivity (Wildman–Crippen MR) is 82.6 cm³/mol. The van der Waals surface area contributed by atoms with Crippen LogP contribution >= 0.6 is 0 Å². The first-order chi connectivity index (χ1) is 10.0. The lowest BCUT2D eigenvalue weighted by atomic mass is 10.2. The van der Waals surface area contributed by atoms with Crippen LogP contribution in [0.2, 0.25) is 0 Å². The molecule has 6 nitrogen and oxygen atoms in total. The average Bonchev–Trinajstić information content (AvgIpc) is 2.44. The van der Waals surface area contributed by atoms with E-state index in [-0.39, 0.29) is 6.61 Å². The third-order valence-corrected chi connectivity index (χ3v) is 2.89. The second-order valence-corrected chi connectivity index (χ2v) is 5.07. The second-order valence-electron chi connectivity index (χ2n) is 5.07. The topological polar surface area (TPSA) is 76.8 Å². The van der Waals surface area contributed by atoms with Crippen LogP contribution in [0.15, 0.2) is 18.2 Å². The van der Waals surface area contributed by atoms with Crippen LogP contribution in [0.25, 0.3) is 0 Å². The summed E-state index contributed by atoms with van der Waals surface area (Å²) in [6.07, 6.45) is 1.10. The van der Waals surface area contributed by atoms with E-state index in [0.717, 1.165) is 31.6 Å². The summed E-state index contributed by atoms with van der Waals surface area (Å²) in [7, 11) is 5.70. The molecule has 21 heavy (non-hydrogen) atoms. The number of nitrogens with one attached hydrogen (secondary N) is 1. The zero-order chi connectivity index (χ0) is 15.7. The molecule has 0 aliphatic rings. The van der Waals surface area contributed by atoms with Gasteiger partial charge in [0.05, 0.1) is 7.11 Å². The minimum absolute atomic E-state index is 0.154. The van der Waals surface area contributed by atoms with Crippen molar-refractivity contribution in [3.05, 3.63) is 23.8 Å². The van der Waals surface area contributed by atoms with Crippen LogP contribution in [0.4, 0.5) is 0 Å². The van der Waals surface area contributed by atoms with Crippen molar-refractivity contribution in [2.75, 3.05) is 40.9 Å². The van der Waals surface area contributed by atoms with Gasteiger partial charge in [0.15, 0.2) is 18.1 Å². The number of primary amides is 1. The van der Waals surface area contributed by atoms with E-state index in [0.29, 0.717) is 11.5 Å². The molecule has 0 bridgehead atoms. The molecule has 1 aromatic carbocycles. The molecule has 0 saturated heterocycles. The average molecular weight is 295 g/mol. The van der Waals surface area contributed by atoms with E-state index in [2.05, 4.69) is 24.3 Å². The molecule has 0 saturated carbocycles. The van der Waals surface area contributed by atoms with Gasteiger partial charge in [-0.3, -0.25) is 4.79 Å². The summed E-state index contributed by atoms with van der Waals surface area (Å²) in [6.45, 7) is 2.63. The van der Waals surface area contributed by atoms with Gasteiger partial charge in [-0.05, 0) is 51.3 Å². The number of hydrogen-bond acceptors (Lipinski definition) is 5. The Labute approximate surface area is 126 Å². The first kappa shape index (κ1) is 17.3. The van der Waals surface area contributed by atoms with Crippen molar-refractivity contribution in [1.29, 1.82) is 0 Å². The van der Waals surface area contributed by atoms with Gasteiger partial charge in [0.25, 0.3) is 5.91 Å². The number of benzene rings is 1. The lowest BCUT2D eigenvalue weighted by Crippen LogP contribution is -2.21. The van der Waals surface area contributed by atoms with Crippen LogP contribution in [0.5, 0.6) is 11.5 Å². The van der Waals surface area contributed by atoms with E-state index < -0.39 is 5.91 Å². The molecular weight excluding hydrogens is 270 g/mol. The van der Waals surface area contributed by atoms with Crippen LogP contribution in [0.1, 0.15) is 12.0 Å².